The van der Waals surface area contributed by atoms with Crippen molar-refractivity contribution in [3.05, 3.63) is 93.5 Å². The van der Waals surface area contributed by atoms with Crippen molar-refractivity contribution in [2.24, 2.45) is 0 Å². The van der Waals surface area contributed by atoms with Crippen molar-refractivity contribution in [2.75, 3.05) is 5.32 Å². The predicted molar refractivity (Wildman–Crippen MR) is 126 cm³/mol. The number of carbonyl (C=O) groups is 1. The van der Waals surface area contributed by atoms with Crippen LogP contribution in [0.2, 0.25) is 10.0 Å². The standard InChI is InChI=1S/C23H22Cl2N2O3S/c1-15-6-8-17(9-7-15)14-31(29,30)19-12-10-18(11-13-19)27-23(28)26-16(2)20-4-3-5-21(24)22(20)25/h3-13,16H,14H2,1-2H3,(H2,26,27,28)/t16-/m0/s1. The van der Waals surface area contributed by atoms with Gasteiger partial charge in [-0.3, -0.25) is 0 Å². The fourth-order valence-corrected chi connectivity index (χ4v) is 4.85. The molecule has 0 aliphatic heterocycles. The lowest BCUT2D eigenvalue weighted by molar-refractivity contribution is 0.249. The molecule has 5 nitrogen and oxygen atoms in total. The molecule has 0 aliphatic rings. The van der Waals surface area contributed by atoms with E-state index in [4.69, 9.17) is 23.2 Å². The highest BCUT2D eigenvalue weighted by Gasteiger charge is 2.17. The lowest BCUT2D eigenvalue weighted by Crippen LogP contribution is -2.31. The molecule has 2 amide bonds. The molecule has 0 saturated heterocycles. The van der Waals surface area contributed by atoms with Crippen molar-refractivity contribution >= 4 is 44.8 Å². The third-order valence-electron chi connectivity index (χ3n) is 4.74. The van der Waals surface area contributed by atoms with Crippen LogP contribution >= 0.6 is 23.2 Å². The molecule has 0 bridgehead atoms. The number of rotatable bonds is 6. The molecule has 3 aromatic rings. The van der Waals surface area contributed by atoms with Crippen LogP contribution in [0, 0.1) is 6.92 Å². The Bertz CT molecular complexity index is 1180. The summed E-state index contributed by atoms with van der Waals surface area (Å²) in [5.74, 6) is -0.0849. The zero-order valence-corrected chi connectivity index (χ0v) is 19.4. The third-order valence-corrected chi connectivity index (χ3v) is 7.28. The molecule has 31 heavy (non-hydrogen) atoms. The van der Waals surface area contributed by atoms with Crippen LogP contribution in [-0.2, 0) is 15.6 Å². The Morgan fingerprint density at radius 2 is 1.61 bits per heavy atom. The zero-order chi connectivity index (χ0) is 22.6. The highest BCUT2D eigenvalue weighted by molar-refractivity contribution is 7.90. The van der Waals surface area contributed by atoms with Crippen LogP contribution in [0.15, 0.2) is 71.6 Å². The molecule has 0 radical (unpaired) electrons. The molecule has 0 spiro atoms. The van der Waals surface area contributed by atoms with Gasteiger partial charge in [-0.25, -0.2) is 13.2 Å². The lowest BCUT2D eigenvalue weighted by Gasteiger charge is -2.17. The van der Waals surface area contributed by atoms with Gasteiger partial charge in [0.2, 0.25) is 0 Å². The van der Waals surface area contributed by atoms with Crippen molar-refractivity contribution in [3.8, 4) is 0 Å². The Balaban J connectivity index is 1.63. The number of nitrogens with one attached hydrogen (secondary N) is 2. The van der Waals surface area contributed by atoms with Crippen LogP contribution in [0.3, 0.4) is 0 Å². The van der Waals surface area contributed by atoms with Crippen LogP contribution in [0.1, 0.15) is 29.7 Å². The zero-order valence-electron chi connectivity index (χ0n) is 17.0. The molecule has 0 unspecified atom stereocenters. The van der Waals surface area contributed by atoms with E-state index in [0.29, 0.717) is 21.3 Å². The number of amides is 2. The maximum absolute atomic E-state index is 12.7. The number of hydrogen-bond donors (Lipinski definition) is 2. The maximum atomic E-state index is 12.7. The molecule has 0 heterocycles. The van der Waals surface area contributed by atoms with Gasteiger partial charge < -0.3 is 10.6 Å². The molecule has 8 heteroatoms. The average Bonchev–Trinajstić information content (AvgIpc) is 2.72. The minimum atomic E-state index is -3.49. The topological polar surface area (TPSA) is 75.3 Å². The quantitative estimate of drug-likeness (QED) is 0.447. The van der Waals surface area contributed by atoms with Crippen molar-refractivity contribution < 1.29 is 13.2 Å². The van der Waals surface area contributed by atoms with Gasteiger partial charge in [-0.1, -0.05) is 65.2 Å². The number of urea groups is 1. The Kier molecular flexibility index (Phi) is 7.26. The van der Waals surface area contributed by atoms with Gasteiger partial charge >= 0.3 is 6.03 Å². The van der Waals surface area contributed by atoms with Crippen LogP contribution in [0.5, 0.6) is 0 Å². The fraction of sp³-hybridized carbons (Fsp3) is 0.174. The number of carbonyl (C=O) groups excluding carboxylic acids is 1. The Hall–Kier alpha value is -2.54. The Morgan fingerprint density at radius 3 is 2.26 bits per heavy atom. The van der Waals surface area contributed by atoms with Gasteiger partial charge in [0.1, 0.15) is 0 Å². The van der Waals surface area contributed by atoms with Crippen LogP contribution in [-0.4, -0.2) is 14.4 Å². The summed E-state index contributed by atoms with van der Waals surface area (Å²) in [5.41, 5.74) is 2.96. The van der Waals surface area contributed by atoms with E-state index < -0.39 is 15.9 Å². The highest BCUT2D eigenvalue weighted by atomic mass is 35.5. The summed E-state index contributed by atoms with van der Waals surface area (Å²) >= 11 is 12.2. The van der Waals surface area contributed by atoms with Gasteiger partial charge in [0.15, 0.2) is 9.84 Å². The first-order valence-electron chi connectivity index (χ1n) is 9.55. The first-order chi connectivity index (χ1) is 14.7. The molecule has 0 aromatic heterocycles. The smallest absolute Gasteiger partial charge is 0.319 e. The van der Waals surface area contributed by atoms with E-state index in [-0.39, 0.29) is 16.7 Å². The van der Waals surface area contributed by atoms with E-state index in [1.807, 2.05) is 19.1 Å². The summed E-state index contributed by atoms with van der Waals surface area (Å²) in [5, 5.41) is 6.28. The van der Waals surface area contributed by atoms with Crippen LogP contribution < -0.4 is 10.6 Å². The molecule has 0 saturated carbocycles. The second-order valence-corrected chi connectivity index (χ2v) is 10.0. The number of sulfone groups is 1. The van der Waals surface area contributed by atoms with E-state index in [1.54, 1.807) is 49.4 Å². The van der Waals surface area contributed by atoms with Gasteiger partial charge in [0, 0.05) is 5.69 Å². The first-order valence-corrected chi connectivity index (χ1v) is 12.0. The van der Waals surface area contributed by atoms with E-state index in [1.165, 1.54) is 12.1 Å². The third kappa shape index (κ3) is 6.00. The van der Waals surface area contributed by atoms with E-state index in [0.717, 1.165) is 11.1 Å². The fourth-order valence-electron chi connectivity index (χ4n) is 3.03. The minimum Gasteiger partial charge on any atom is -0.331 e. The molecule has 3 rings (SSSR count). The summed E-state index contributed by atoms with van der Waals surface area (Å²) in [7, 11) is -3.49. The molecular formula is C23H22Cl2N2O3S. The van der Waals surface area contributed by atoms with Gasteiger partial charge in [0.25, 0.3) is 0 Å². The van der Waals surface area contributed by atoms with E-state index >= 15 is 0 Å². The molecule has 2 N–H and O–H groups in total. The van der Waals surface area contributed by atoms with Crippen molar-refractivity contribution in [3.63, 3.8) is 0 Å². The number of aryl methyl sites for hydroxylation is 1. The van der Waals surface area contributed by atoms with Crippen molar-refractivity contribution in [1.82, 2.24) is 5.32 Å². The largest absolute Gasteiger partial charge is 0.331 e. The summed E-state index contributed by atoms with van der Waals surface area (Å²) in [6.45, 7) is 3.74. The van der Waals surface area contributed by atoms with Crippen LogP contribution in [0.4, 0.5) is 10.5 Å². The molecular weight excluding hydrogens is 455 g/mol. The second kappa shape index (κ2) is 9.73. The Morgan fingerprint density at radius 1 is 0.968 bits per heavy atom. The van der Waals surface area contributed by atoms with Crippen LogP contribution in [0.25, 0.3) is 0 Å². The number of anilines is 1. The number of halogens is 2. The van der Waals surface area contributed by atoms with Gasteiger partial charge in [-0.15, -0.1) is 0 Å². The van der Waals surface area contributed by atoms with E-state index in [2.05, 4.69) is 10.6 Å². The monoisotopic (exact) mass is 476 g/mol. The second-order valence-electron chi connectivity index (χ2n) is 7.23. The SMILES string of the molecule is Cc1ccc(CS(=O)(=O)c2ccc(NC(=O)N[C@@H](C)c3cccc(Cl)c3Cl)cc2)cc1. The minimum absolute atomic E-state index is 0.0849. The first kappa shape index (κ1) is 23.1. The number of hydrogen-bond acceptors (Lipinski definition) is 3. The summed E-state index contributed by atoms with van der Waals surface area (Å²) in [6, 6.07) is 17.9. The summed E-state index contributed by atoms with van der Waals surface area (Å²) in [4.78, 5) is 12.5. The molecule has 162 valence electrons. The molecule has 3 aromatic carbocycles. The van der Waals surface area contributed by atoms with Crippen molar-refractivity contribution in [1.29, 1.82) is 0 Å². The number of benzene rings is 3. The molecule has 0 aliphatic carbocycles. The van der Waals surface area contributed by atoms with Crippen molar-refractivity contribution in [2.45, 2.75) is 30.5 Å². The highest BCUT2D eigenvalue weighted by Crippen LogP contribution is 2.29. The summed E-state index contributed by atoms with van der Waals surface area (Å²) in [6.07, 6.45) is 0. The predicted octanol–water partition coefficient (Wildman–Crippen LogP) is 6.16. The average molecular weight is 477 g/mol. The van der Waals surface area contributed by atoms with Gasteiger partial charge in [-0.05, 0) is 55.3 Å². The van der Waals surface area contributed by atoms with Gasteiger partial charge in [0.05, 0.1) is 26.7 Å². The normalized spacial score (nSPS) is 12.3. The molecule has 0 fully saturated rings. The van der Waals surface area contributed by atoms with E-state index in [9.17, 15) is 13.2 Å². The van der Waals surface area contributed by atoms with Gasteiger partial charge in [-0.2, -0.15) is 0 Å². The lowest BCUT2D eigenvalue weighted by atomic mass is 10.1. The maximum Gasteiger partial charge on any atom is 0.319 e. The Labute approximate surface area is 192 Å². The summed E-state index contributed by atoms with van der Waals surface area (Å²) < 4.78 is 25.3. The molecule has 1 atom stereocenters.